The molecule has 1 N–H and O–H groups in total. The molecule has 2 aliphatic heterocycles. The Labute approximate surface area is 184 Å². The third-order valence-electron chi connectivity index (χ3n) is 5.80. The number of rotatable bonds is 2. The fourth-order valence-electron chi connectivity index (χ4n) is 4.44. The first kappa shape index (κ1) is 19.6. The van der Waals surface area contributed by atoms with Crippen LogP contribution in [0.25, 0.3) is 10.8 Å². The standard InChI is InChI=1S/C24H22N4O2S/c1-3-20(29)27-19-14-7-6-12-18(19)21-22(30)25-24(31-2)26-28(21)23(27)17-13-8-10-15-9-4-5-11-16(15)17/h4-14,21,23H,3H2,1-2H3,(H,25,26,30)/t21-,23+/m0/s1. The monoisotopic (exact) mass is 430 g/mol. The molecule has 2 amide bonds. The van der Waals surface area contributed by atoms with Crippen molar-refractivity contribution in [1.82, 2.24) is 10.3 Å². The van der Waals surface area contributed by atoms with Gasteiger partial charge in [0.05, 0.1) is 5.69 Å². The first-order chi connectivity index (χ1) is 15.1. The summed E-state index contributed by atoms with van der Waals surface area (Å²) in [5.41, 5.74) is 2.48. The van der Waals surface area contributed by atoms with Gasteiger partial charge in [-0.15, -0.1) is 5.10 Å². The van der Waals surface area contributed by atoms with E-state index in [1.54, 1.807) is 9.91 Å². The Morgan fingerprint density at radius 3 is 2.55 bits per heavy atom. The van der Waals surface area contributed by atoms with Crippen LogP contribution in [0, 0.1) is 0 Å². The highest BCUT2D eigenvalue weighted by Gasteiger charge is 2.47. The average Bonchev–Trinajstić information content (AvgIpc) is 2.82. The molecule has 0 aromatic heterocycles. The summed E-state index contributed by atoms with van der Waals surface area (Å²) in [6, 6.07) is 21.2. The molecule has 0 bridgehead atoms. The molecule has 0 aliphatic carbocycles. The lowest BCUT2D eigenvalue weighted by Gasteiger charge is -2.48. The van der Waals surface area contributed by atoms with Gasteiger partial charge in [0.15, 0.2) is 17.4 Å². The Bertz CT molecular complexity index is 1220. The van der Waals surface area contributed by atoms with Crippen molar-refractivity contribution in [2.24, 2.45) is 5.10 Å². The van der Waals surface area contributed by atoms with Gasteiger partial charge in [-0.3, -0.25) is 19.5 Å². The number of nitrogens with one attached hydrogen (secondary N) is 1. The minimum atomic E-state index is -0.614. The number of hydrogen-bond donors (Lipinski definition) is 1. The molecule has 31 heavy (non-hydrogen) atoms. The van der Waals surface area contributed by atoms with E-state index >= 15 is 0 Å². The van der Waals surface area contributed by atoms with Crippen molar-refractivity contribution < 1.29 is 9.59 Å². The van der Waals surface area contributed by atoms with E-state index in [0.717, 1.165) is 27.6 Å². The number of fused-ring (bicyclic) bond motifs is 4. The van der Waals surface area contributed by atoms with Crippen LogP contribution in [0.2, 0.25) is 0 Å². The van der Waals surface area contributed by atoms with Gasteiger partial charge >= 0.3 is 0 Å². The summed E-state index contributed by atoms with van der Waals surface area (Å²) in [6.07, 6.45) is 1.69. The van der Waals surface area contributed by atoms with E-state index in [-0.39, 0.29) is 11.8 Å². The van der Waals surface area contributed by atoms with Gasteiger partial charge in [0.2, 0.25) is 5.91 Å². The van der Waals surface area contributed by atoms with Gasteiger partial charge in [-0.25, -0.2) is 0 Å². The van der Waals surface area contributed by atoms with Crippen LogP contribution in [-0.2, 0) is 9.59 Å². The second-order valence-corrected chi connectivity index (χ2v) is 8.29. The Morgan fingerprint density at radius 2 is 1.74 bits per heavy atom. The van der Waals surface area contributed by atoms with Crippen LogP contribution < -0.4 is 10.2 Å². The van der Waals surface area contributed by atoms with Crippen molar-refractivity contribution in [3.05, 3.63) is 77.9 Å². The minimum Gasteiger partial charge on any atom is -0.302 e. The van der Waals surface area contributed by atoms with Crippen LogP contribution in [0.4, 0.5) is 5.69 Å². The van der Waals surface area contributed by atoms with Gasteiger partial charge in [0.1, 0.15) is 0 Å². The molecule has 156 valence electrons. The first-order valence-corrected chi connectivity index (χ1v) is 11.5. The fourth-order valence-corrected chi connectivity index (χ4v) is 4.82. The smallest absolute Gasteiger partial charge is 0.255 e. The third-order valence-corrected chi connectivity index (χ3v) is 6.37. The number of hydrazone groups is 1. The summed E-state index contributed by atoms with van der Waals surface area (Å²) in [4.78, 5) is 28.3. The lowest BCUT2D eigenvalue weighted by atomic mass is 9.93. The van der Waals surface area contributed by atoms with Gasteiger partial charge in [0, 0.05) is 17.5 Å². The Balaban J connectivity index is 1.83. The molecule has 2 atom stereocenters. The summed E-state index contributed by atoms with van der Waals surface area (Å²) < 4.78 is 0. The van der Waals surface area contributed by atoms with Crippen LogP contribution in [0.3, 0.4) is 0 Å². The van der Waals surface area contributed by atoms with Crippen molar-refractivity contribution in [2.75, 3.05) is 11.2 Å². The molecular formula is C24H22N4O2S. The number of nitrogens with zero attached hydrogens (tertiary/aromatic N) is 3. The molecule has 2 aliphatic rings. The Morgan fingerprint density at radius 1 is 1.03 bits per heavy atom. The SMILES string of the molecule is CCC(=O)N1c2ccccc2[C@H]2C(=O)NC(SC)=NN2[C@@H]1c1cccc2ccccc12. The zero-order valence-electron chi connectivity index (χ0n) is 17.3. The molecule has 3 aromatic rings. The molecule has 2 heterocycles. The summed E-state index contributed by atoms with van der Waals surface area (Å²) in [5.74, 6) is -0.156. The van der Waals surface area contributed by atoms with Gasteiger partial charge in [-0.05, 0) is 23.1 Å². The van der Waals surface area contributed by atoms with Crippen molar-refractivity contribution in [2.45, 2.75) is 25.6 Å². The zero-order chi connectivity index (χ0) is 21.5. The number of thioether (sulfide) groups is 1. The molecule has 3 aromatic carbocycles. The maximum atomic E-state index is 13.3. The number of para-hydroxylation sites is 1. The maximum absolute atomic E-state index is 13.3. The maximum Gasteiger partial charge on any atom is 0.255 e. The molecular weight excluding hydrogens is 408 g/mol. The van der Waals surface area contributed by atoms with Crippen LogP contribution in [0.1, 0.15) is 36.7 Å². The van der Waals surface area contributed by atoms with Crippen molar-refractivity contribution >= 4 is 45.2 Å². The molecule has 0 saturated carbocycles. The van der Waals surface area contributed by atoms with E-state index in [1.807, 2.05) is 61.7 Å². The van der Waals surface area contributed by atoms with Gasteiger partial charge in [-0.1, -0.05) is 79.3 Å². The summed E-state index contributed by atoms with van der Waals surface area (Å²) in [7, 11) is 0. The van der Waals surface area contributed by atoms with Gasteiger partial charge in [-0.2, -0.15) is 0 Å². The predicted octanol–water partition coefficient (Wildman–Crippen LogP) is 4.40. The number of carbonyl (C=O) groups excluding carboxylic acids is 2. The normalized spacial score (nSPS) is 20.1. The van der Waals surface area contributed by atoms with Gasteiger partial charge in [0.25, 0.3) is 5.91 Å². The van der Waals surface area contributed by atoms with Crippen LogP contribution in [0.5, 0.6) is 0 Å². The Hall–Kier alpha value is -3.32. The highest BCUT2D eigenvalue weighted by atomic mass is 32.2. The largest absolute Gasteiger partial charge is 0.302 e. The van der Waals surface area contributed by atoms with Gasteiger partial charge < -0.3 is 5.32 Å². The van der Waals surface area contributed by atoms with Crippen molar-refractivity contribution in [3.8, 4) is 0 Å². The van der Waals surface area contributed by atoms with E-state index < -0.39 is 12.2 Å². The number of anilines is 1. The molecule has 6 nitrogen and oxygen atoms in total. The molecule has 0 spiro atoms. The van der Waals surface area contributed by atoms with E-state index in [9.17, 15) is 9.59 Å². The Kier molecular flexibility index (Phi) is 4.90. The molecule has 5 rings (SSSR count). The van der Waals surface area contributed by atoms with E-state index in [1.165, 1.54) is 11.8 Å². The van der Waals surface area contributed by atoms with Crippen LogP contribution in [0.15, 0.2) is 71.8 Å². The number of amides is 2. The van der Waals surface area contributed by atoms with E-state index in [0.29, 0.717) is 11.6 Å². The van der Waals surface area contributed by atoms with Crippen molar-refractivity contribution in [1.29, 1.82) is 0 Å². The van der Waals surface area contributed by atoms with Crippen LogP contribution in [-0.4, -0.2) is 28.2 Å². The highest BCUT2D eigenvalue weighted by Crippen LogP contribution is 2.47. The summed E-state index contributed by atoms with van der Waals surface area (Å²) >= 11 is 1.38. The minimum absolute atomic E-state index is 0.0179. The van der Waals surface area contributed by atoms with E-state index in [2.05, 4.69) is 23.5 Å². The topological polar surface area (TPSA) is 65.0 Å². The molecule has 0 unspecified atom stereocenters. The lowest BCUT2D eigenvalue weighted by molar-refractivity contribution is -0.130. The number of carbonyl (C=O) groups is 2. The summed E-state index contributed by atoms with van der Waals surface area (Å²) in [5, 5.41) is 12.1. The molecule has 0 fully saturated rings. The lowest BCUT2D eigenvalue weighted by Crippen LogP contribution is -2.55. The van der Waals surface area contributed by atoms with Crippen LogP contribution >= 0.6 is 11.8 Å². The number of benzene rings is 3. The second kappa shape index (κ2) is 7.74. The predicted molar refractivity (Wildman–Crippen MR) is 125 cm³/mol. The third kappa shape index (κ3) is 3.08. The fraction of sp³-hybridized carbons (Fsp3) is 0.208. The number of hydrogen-bond acceptors (Lipinski definition) is 5. The van der Waals surface area contributed by atoms with Crippen molar-refractivity contribution in [3.63, 3.8) is 0 Å². The molecule has 7 heteroatoms. The average molecular weight is 431 g/mol. The second-order valence-electron chi connectivity index (χ2n) is 7.50. The highest BCUT2D eigenvalue weighted by molar-refractivity contribution is 8.13. The zero-order valence-corrected chi connectivity index (χ0v) is 18.1. The quantitative estimate of drug-likeness (QED) is 0.654. The van der Waals surface area contributed by atoms with E-state index in [4.69, 9.17) is 5.10 Å². The number of amidine groups is 1. The first-order valence-electron chi connectivity index (χ1n) is 10.2. The molecule has 0 radical (unpaired) electrons. The molecule has 0 saturated heterocycles. The summed E-state index contributed by atoms with van der Waals surface area (Å²) in [6.45, 7) is 1.86.